The number of fused-ring (bicyclic) bond motifs is 1. The van der Waals surface area contributed by atoms with Gasteiger partial charge in [-0.1, -0.05) is 59.9 Å². The number of carbonyl (C=O) groups is 1. The number of carbonyl (C=O) groups excluding carboxylic acids is 1. The standard InChI is InChI=1S/C27H26N2O5S/c1-5-34-26(31)24-17(2)28-27-29(20(24)13-11-18-9-7-6-8-10-18)25(30)23(35-27)16-19-12-14-21(32-3)22(15-19)33-4/h6-16,20H,5H2,1-4H3/b13-11+,23-16-/t20-/m0/s1. The number of ether oxygens (including phenoxy) is 3. The Morgan fingerprint density at radius 3 is 2.51 bits per heavy atom. The highest BCUT2D eigenvalue weighted by atomic mass is 32.1. The van der Waals surface area contributed by atoms with Gasteiger partial charge in [-0.15, -0.1) is 0 Å². The number of aromatic nitrogens is 1. The van der Waals surface area contributed by atoms with Crippen LogP contribution in [0.3, 0.4) is 0 Å². The van der Waals surface area contributed by atoms with E-state index in [1.165, 1.54) is 11.3 Å². The van der Waals surface area contributed by atoms with Crippen LogP contribution in [0.5, 0.6) is 11.5 Å². The first-order valence-corrected chi connectivity index (χ1v) is 11.9. The summed E-state index contributed by atoms with van der Waals surface area (Å²) in [7, 11) is 3.14. The van der Waals surface area contributed by atoms with Gasteiger partial charge in [0.1, 0.15) is 0 Å². The summed E-state index contributed by atoms with van der Waals surface area (Å²) in [6.45, 7) is 3.75. The Balaban J connectivity index is 1.86. The molecule has 2 heterocycles. The molecule has 0 saturated heterocycles. The Bertz CT molecular complexity index is 1480. The molecular weight excluding hydrogens is 464 g/mol. The number of rotatable bonds is 7. The SMILES string of the molecule is CCOC(=O)C1=C(C)N=c2s/c(=C\c3ccc(OC)c(OC)c3)c(=O)n2[C@H]1/C=C/c1ccccc1. The van der Waals surface area contributed by atoms with E-state index in [0.717, 1.165) is 11.1 Å². The molecule has 1 aliphatic heterocycles. The minimum atomic E-state index is -0.641. The summed E-state index contributed by atoms with van der Waals surface area (Å²) in [5, 5.41) is 0. The quantitative estimate of drug-likeness (QED) is 0.474. The Hall–Kier alpha value is -3.91. The Kier molecular flexibility index (Phi) is 7.31. The first kappa shape index (κ1) is 24.2. The van der Waals surface area contributed by atoms with Crippen LogP contribution in [0.25, 0.3) is 12.2 Å². The molecule has 0 N–H and O–H groups in total. The first-order valence-electron chi connectivity index (χ1n) is 11.1. The van der Waals surface area contributed by atoms with Crippen molar-refractivity contribution >= 4 is 29.5 Å². The molecule has 0 amide bonds. The second kappa shape index (κ2) is 10.6. The van der Waals surface area contributed by atoms with Crippen molar-refractivity contribution in [3.8, 4) is 11.5 Å². The number of hydrogen-bond acceptors (Lipinski definition) is 7. The van der Waals surface area contributed by atoms with Crippen molar-refractivity contribution in [2.45, 2.75) is 19.9 Å². The molecule has 1 aliphatic rings. The highest BCUT2D eigenvalue weighted by Crippen LogP contribution is 2.28. The van der Waals surface area contributed by atoms with E-state index in [1.54, 1.807) is 50.8 Å². The van der Waals surface area contributed by atoms with Crippen LogP contribution < -0.4 is 24.4 Å². The number of thiazole rings is 1. The largest absolute Gasteiger partial charge is 0.493 e. The van der Waals surface area contributed by atoms with Gasteiger partial charge in [0.05, 0.1) is 42.7 Å². The molecule has 1 atom stereocenters. The first-order chi connectivity index (χ1) is 17.0. The summed E-state index contributed by atoms with van der Waals surface area (Å²) in [4.78, 5) is 31.5. The van der Waals surface area contributed by atoms with Crippen molar-refractivity contribution in [1.29, 1.82) is 0 Å². The molecule has 0 spiro atoms. The predicted molar refractivity (Wildman–Crippen MR) is 136 cm³/mol. The molecule has 1 aromatic heterocycles. The van der Waals surface area contributed by atoms with E-state index in [9.17, 15) is 9.59 Å². The molecule has 0 fully saturated rings. The maximum atomic E-state index is 13.6. The Morgan fingerprint density at radius 2 is 1.83 bits per heavy atom. The third-order valence-corrected chi connectivity index (χ3v) is 6.52. The van der Waals surface area contributed by atoms with Crippen molar-refractivity contribution in [2.24, 2.45) is 4.99 Å². The van der Waals surface area contributed by atoms with Gasteiger partial charge in [-0.3, -0.25) is 9.36 Å². The molecule has 7 nitrogen and oxygen atoms in total. The maximum Gasteiger partial charge on any atom is 0.338 e. The normalized spacial score (nSPS) is 15.7. The molecule has 4 rings (SSSR count). The molecule has 0 bridgehead atoms. The lowest BCUT2D eigenvalue weighted by atomic mass is 10.0. The number of allylic oxidation sites excluding steroid dienone is 2. The molecule has 0 radical (unpaired) electrons. The third-order valence-electron chi connectivity index (χ3n) is 5.54. The van der Waals surface area contributed by atoms with Crippen molar-refractivity contribution in [2.75, 3.05) is 20.8 Å². The van der Waals surface area contributed by atoms with Gasteiger partial charge in [0.2, 0.25) is 0 Å². The molecule has 180 valence electrons. The summed E-state index contributed by atoms with van der Waals surface area (Å²) in [5.74, 6) is 0.690. The lowest BCUT2D eigenvalue weighted by Gasteiger charge is -2.21. The summed E-state index contributed by atoms with van der Waals surface area (Å²) in [6.07, 6.45) is 5.53. The highest BCUT2D eigenvalue weighted by molar-refractivity contribution is 7.07. The van der Waals surface area contributed by atoms with Crippen LogP contribution in [0.15, 0.2) is 75.7 Å². The summed E-state index contributed by atoms with van der Waals surface area (Å²) in [6, 6.07) is 14.5. The van der Waals surface area contributed by atoms with Crippen LogP contribution in [0.1, 0.15) is 31.0 Å². The van der Waals surface area contributed by atoms with Crippen molar-refractivity contribution in [3.05, 3.63) is 96.7 Å². The van der Waals surface area contributed by atoms with Gasteiger partial charge in [-0.05, 0) is 43.2 Å². The minimum absolute atomic E-state index is 0.231. The van der Waals surface area contributed by atoms with Crippen LogP contribution in [-0.2, 0) is 9.53 Å². The van der Waals surface area contributed by atoms with Crippen LogP contribution in [0.2, 0.25) is 0 Å². The second-order valence-electron chi connectivity index (χ2n) is 7.73. The fourth-order valence-corrected chi connectivity index (χ4v) is 4.93. The van der Waals surface area contributed by atoms with E-state index in [2.05, 4.69) is 4.99 Å². The molecule has 3 aromatic rings. The van der Waals surface area contributed by atoms with E-state index in [-0.39, 0.29) is 12.2 Å². The summed E-state index contributed by atoms with van der Waals surface area (Å²) < 4.78 is 18.0. The van der Waals surface area contributed by atoms with Gasteiger partial charge in [-0.25, -0.2) is 9.79 Å². The summed E-state index contributed by atoms with van der Waals surface area (Å²) >= 11 is 1.27. The fraction of sp³-hybridized carbons (Fsp3) is 0.222. The molecular formula is C27H26N2O5S. The average Bonchev–Trinajstić information content (AvgIpc) is 3.17. The fourth-order valence-electron chi connectivity index (χ4n) is 3.88. The van der Waals surface area contributed by atoms with E-state index < -0.39 is 12.0 Å². The van der Waals surface area contributed by atoms with Gasteiger partial charge in [-0.2, -0.15) is 0 Å². The topological polar surface area (TPSA) is 79.1 Å². The van der Waals surface area contributed by atoms with Crippen molar-refractivity contribution in [1.82, 2.24) is 4.57 Å². The molecule has 0 unspecified atom stereocenters. The van der Waals surface area contributed by atoms with E-state index in [1.807, 2.05) is 48.6 Å². The summed E-state index contributed by atoms with van der Waals surface area (Å²) in [5.41, 5.74) is 2.39. The third kappa shape index (κ3) is 4.97. The molecule has 0 saturated carbocycles. The average molecular weight is 491 g/mol. The zero-order valence-electron chi connectivity index (χ0n) is 20.0. The Labute approximate surface area is 206 Å². The number of methoxy groups -OCH3 is 2. The van der Waals surface area contributed by atoms with Gasteiger partial charge in [0.25, 0.3) is 5.56 Å². The van der Waals surface area contributed by atoms with Crippen LogP contribution >= 0.6 is 11.3 Å². The lowest BCUT2D eigenvalue weighted by molar-refractivity contribution is -0.139. The molecule has 2 aromatic carbocycles. The van der Waals surface area contributed by atoms with E-state index in [4.69, 9.17) is 14.2 Å². The minimum Gasteiger partial charge on any atom is -0.493 e. The number of esters is 1. The van der Waals surface area contributed by atoms with Crippen LogP contribution in [-0.4, -0.2) is 31.4 Å². The van der Waals surface area contributed by atoms with Crippen molar-refractivity contribution < 1.29 is 19.0 Å². The number of nitrogens with zero attached hydrogens (tertiary/aromatic N) is 2. The molecule has 35 heavy (non-hydrogen) atoms. The highest BCUT2D eigenvalue weighted by Gasteiger charge is 2.30. The van der Waals surface area contributed by atoms with Crippen LogP contribution in [0, 0.1) is 0 Å². The predicted octanol–water partition coefficient (Wildman–Crippen LogP) is 3.48. The maximum absolute atomic E-state index is 13.6. The van der Waals surface area contributed by atoms with Gasteiger partial charge >= 0.3 is 5.97 Å². The number of benzene rings is 2. The second-order valence-corrected chi connectivity index (χ2v) is 8.74. The Morgan fingerprint density at radius 1 is 1.09 bits per heavy atom. The van der Waals surface area contributed by atoms with Gasteiger partial charge < -0.3 is 14.2 Å². The lowest BCUT2D eigenvalue weighted by Crippen LogP contribution is -2.38. The monoisotopic (exact) mass is 490 g/mol. The zero-order valence-corrected chi connectivity index (χ0v) is 20.8. The van der Waals surface area contributed by atoms with E-state index in [0.29, 0.717) is 32.1 Å². The van der Waals surface area contributed by atoms with Gasteiger partial charge in [0, 0.05) is 0 Å². The van der Waals surface area contributed by atoms with Crippen molar-refractivity contribution in [3.63, 3.8) is 0 Å². The van der Waals surface area contributed by atoms with Gasteiger partial charge in [0.15, 0.2) is 16.3 Å². The zero-order chi connectivity index (χ0) is 24.9. The van der Waals surface area contributed by atoms with Crippen LogP contribution in [0.4, 0.5) is 0 Å². The molecule has 0 aliphatic carbocycles. The molecule has 8 heteroatoms. The number of hydrogen-bond donors (Lipinski definition) is 0. The van der Waals surface area contributed by atoms with E-state index >= 15 is 0 Å². The smallest absolute Gasteiger partial charge is 0.338 e.